The highest BCUT2D eigenvalue weighted by Crippen LogP contribution is 2.35. The third-order valence-corrected chi connectivity index (χ3v) is 3.84. The third-order valence-electron chi connectivity index (χ3n) is 2.56. The van der Waals surface area contributed by atoms with Gasteiger partial charge in [-0.3, -0.25) is 4.79 Å². The quantitative estimate of drug-likeness (QED) is 0.728. The van der Waals surface area contributed by atoms with Crippen LogP contribution in [0, 0.1) is 11.8 Å². The molecule has 0 saturated carbocycles. The number of hydrogen-bond acceptors (Lipinski definition) is 2. The first kappa shape index (κ1) is 11.4. The van der Waals surface area contributed by atoms with Gasteiger partial charge in [-0.15, -0.1) is 6.58 Å². The second-order valence-electron chi connectivity index (χ2n) is 3.63. The summed E-state index contributed by atoms with van der Waals surface area (Å²) in [5, 5.41) is 8.73. The van der Waals surface area contributed by atoms with E-state index in [0.717, 1.165) is 23.5 Å². The molecule has 14 heavy (non-hydrogen) atoms. The van der Waals surface area contributed by atoms with Crippen LogP contribution in [-0.4, -0.2) is 22.6 Å². The van der Waals surface area contributed by atoms with E-state index in [1.165, 1.54) is 0 Å². The Balaban J connectivity index is 2.56. The molecule has 1 saturated heterocycles. The second-order valence-corrected chi connectivity index (χ2v) is 4.70. The minimum Gasteiger partial charge on any atom is -0.481 e. The summed E-state index contributed by atoms with van der Waals surface area (Å²) >= 11 is 1.82. The van der Waals surface area contributed by atoms with E-state index in [0.29, 0.717) is 5.92 Å². The Morgan fingerprint density at radius 3 is 2.79 bits per heavy atom. The summed E-state index contributed by atoms with van der Waals surface area (Å²) in [6.07, 6.45) is 3.03. The fourth-order valence-corrected chi connectivity index (χ4v) is 3.11. The van der Waals surface area contributed by atoms with Gasteiger partial charge in [0, 0.05) is 11.5 Å². The molecule has 0 bridgehead atoms. The zero-order chi connectivity index (χ0) is 10.6. The fourth-order valence-electron chi connectivity index (χ4n) is 1.72. The van der Waals surface area contributed by atoms with Crippen LogP contribution in [0.4, 0.5) is 0 Å². The first-order chi connectivity index (χ1) is 6.65. The summed E-state index contributed by atoms with van der Waals surface area (Å²) in [6, 6.07) is 0. The maximum atomic E-state index is 10.6. The molecule has 78 valence electrons. The first-order valence-corrected chi connectivity index (χ1v) is 5.89. The molecule has 1 fully saturated rings. The molecule has 2 atom stereocenters. The lowest BCUT2D eigenvalue weighted by Gasteiger charge is -2.30. The molecule has 0 amide bonds. The summed E-state index contributed by atoms with van der Waals surface area (Å²) in [6.45, 7) is 7.73. The molecule has 0 aromatic rings. The van der Waals surface area contributed by atoms with E-state index in [4.69, 9.17) is 5.11 Å². The molecule has 1 rings (SSSR count). The van der Waals surface area contributed by atoms with Gasteiger partial charge in [-0.1, -0.05) is 18.2 Å². The van der Waals surface area contributed by atoms with Crippen molar-refractivity contribution in [3.8, 4) is 0 Å². The minimum absolute atomic E-state index is 0.149. The molecule has 2 nitrogen and oxygen atoms in total. The molecule has 0 aliphatic carbocycles. The molecule has 3 heteroatoms. The Labute approximate surface area is 89.1 Å². The second kappa shape index (κ2) is 5.25. The predicted octanol–water partition coefficient (Wildman–Crippen LogP) is 2.57. The number of rotatable bonds is 4. The van der Waals surface area contributed by atoms with E-state index < -0.39 is 5.97 Å². The Kier molecular flexibility index (Phi) is 4.26. The standard InChI is InChI=1S/C11H16O2S/c1-3-4-9-6-14-7-10(8(9)2)5-11(12)13/h3,9-10H,1-2,4-7H2,(H,12,13)/t9?,10-/m1/s1. The van der Waals surface area contributed by atoms with Crippen LogP contribution in [0.15, 0.2) is 24.8 Å². The molecule has 1 heterocycles. The van der Waals surface area contributed by atoms with E-state index in [9.17, 15) is 4.79 Å². The lowest BCUT2D eigenvalue weighted by molar-refractivity contribution is -0.137. The topological polar surface area (TPSA) is 37.3 Å². The highest BCUT2D eigenvalue weighted by atomic mass is 32.2. The van der Waals surface area contributed by atoms with Crippen LogP contribution in [0.3, 0.4) is 0 Å². The van der Waals surface area contributed by atoms with Gasteiger partial charge < -0.3 is 5.11 Å². The lowest BCUT2D eigenvalue weighted by Crippen LogP contribution is -2.24. The van der Waals surface area contributed by atoms with Crippen LogP contribution < -0.4 is 0 Å². The lowest BCUT2D eigenvalue weighted by atomic mass is 9.87. The van der Waals surface area contributed by atoms with Gasteiger partial charge in [0.05, 0.1) is 6.42 Å². The van der Waals surface area contributed by atoms with Gasteiger partial charge in [-0.25, -0.2) is 0 Å². The zero-order valence-corrected chi connectivity index (χ0v) is 9.05. The van der Waals surface area contributed by atoms with Crippen LogP contribution >= 0.6 is 11.8 Å². The number of carboxylic acid groups (broad SMARTS) is 1. The highest BCUT2D eigenvalue weighted by molar-refractivity contribution is 7.99. The van der Waals surface area contributed by atoms with Gasteiger partial charge in [0.1, 0.15) is 0 Å². The van der Waals surface area contributed by atoms with Crippen molar-refractivity contribution in [3.63, 3.8) is 0 Å². The fraction of sp³-hybridized carbons (Fsp3) is 0.545. The number of carbonyl (C=O) groups is 1. The molecular formula is C11H16O2S. The summed E-state index contributed by atoms with van der Waals surface area (Å²) in [7, 11) is 0. The van der Waals surface area contributed by atoms with Crippen LogP contribution in [0.5, 0.6) is 0 Å². The van der Waals surface area contributed by atoms with Crippen molar-refractivity contribution in [2.75, 3.05) is 11.5 Å². The number of allylic oxidation sites excluding steroid dienone is 2. The van der Waals surface area contributed by atoms with Crippen LogP contribution in [0.2, 0.25) is 0 Å². The maximum Gasteiger partial charge on any atom is 0.303 e. The average molecular weight is 212 g/mol. The number of hydrogen-bond donors (Lipinski definition) is 1. The minimum atomic E-state index is -0.726. The molecule has 0 spiro atoms. The number of aliphatic carboxylic acids is 1. The van der Waals surface area contributed by atoms with Gasteiger partial charge >= 0.3 is 5.97 Å². The molecule has 1 unspecified atom stereocenters. The van der Waals surface area contributed by atoms with Crippen LogP contribution in [0.1, 0.15) is 12.8 Å². The zero-order valence-electron chi connectivity index (χ0n) is 8.24. The molecule has 0 radical (unpaired) electrons. The molecule has 0 aromatic carbocycles. The highest BCUT2D eigenvalue weighted by Gasteiger charge is 2.26. The molecular weight excluding hydrogens is 196 g/mol. The maximum absolute atomic E-state index is 10.6. The summed E-state index contributed by atoms with van der Waals surface area (Å²) in [5.41, 5.74) is 1.10. The van der Waals surface area contributed by atoms with Crippen molar-refractivity contribution in [1.82, 2.24) is 0 Å². The van der Waals surface area contributed by atoms with E-state index in [1.54, 1.807) is 0 Å². The monoisotopic (exact) mass is 212 g/mol. The Hall–Kier alpha value is -0.700. The van der Waals surface area contributed by atoms with Gasteiger partial charge in [-0.2, -0.15) is 11.8 Å². The first-order valence-electron chi connectivity index (χ1n) is 4.74. The van der Waals surface area contributed by atoms with Crippen molar-refractivity contribution in [3.05, 3.63) is 24.8 Å². The third kappa shape index (κ3) is 2.91. The van der Waals surface area contributed by atoms with E-state index >= 15 is 0 Å². The summed E-state index contributed by atoms with van der Waals surface area (Å²) < 4.78 is 0. The Morgan fingerprint density at radius 1 is 1.57 bits per heavy atom. The van der Waals surface area contributed by atoms with Crippen molar-refractivity contribution in [2.45, 2.75) is 12.8 Å². The van der Waals surface area contributed by atoms with Crippen molar-refractivity contribution < 1.29 is 9.90 Å². The summed E-state index contributed by atoms with van der Waals surface area (Å²) in [5.74, 6) is 1.81. The SMILES string of the molecule is C=CCC1CSC[C@@H](CC(=O)O)C1=C. The Morgan fingerprint density at radius 2 is 2.21 bits per heavy atom. The van der Waals surface area contributed by atoms with Gasteiger partial charge in [0.15, 0.2) is 0 Å². The van der Waals surface area contributed by atoms with Crippen molar-refractivity contribution >= 4 is 17.7 Å². The smallest absolute Gasteiger partial charge is 0.303 e. The molecule has 1 N–H and O–H groups in total. The largest absolute Gasteiger partial charge is 0.481 e. The summed E-state index contributed by atoms with van der Waals surface area (Å²) in [4.78, 5) is 10.6. The molecule has 1 aliphatic rings. The molecule has 0 aromatic heterocycles. The van der Waals surface area contributed by atoms with Crippen molar-refractivity contribution in [1.29, 1.82) is 0 Å². The molecule has 1 aliphatic heterocycles. The number of thioether (sulfide) groups is 1. The van der Waals surface area contributed by atoms with E-state index in [1.807, 2.05) is 17.8 Å². The Bertz CT molecular complexity index is 248. The number of carboxylic acids is 1. The predicted molar refractivity (Wildman–Crippen MR) is 60.5 cm³/mol. The van der Waals surface area contributed by atoms with Crippen LogP contribution in [0.25, 0.3) is 0 Å². The van der Waals surface area contributed by atoms with E-state index in [-0.39, 0.29) is 12.3 Å². The average Bonchev–Trinajstić information content (AvgIpc) is 2.11. The van der Waals surface area contributed by atoms with Crippen molar-refractivity contribution in [2.24, 2.45) is 11.8 Å². The van der Waals surface area contributed by atoms with Gasteiger partial charge in [0.2, 0.25) is 0 Å². The van der Waals surface area contributed by atoms with Gasteiger partial charge in [0.25, 0.3) is 0 Å². The normalized spacial score (nSPS) is 27.3. The van der Waals surface area contributed by atoms with Crippen LogP contribution in [-0.2, 0) is 4.79 Å². The van der Waals surface area contributed by atoms with E-state index in [2.05, 4.69) is 13.2 Å². The van der Waals surface area contributed by atoms with Gasteiger partial charge in [-0.05, 0) is 18.3 Å².